The summed E-state index contributed by atoms with van der Waals surface area (Å²) >= 11 is 5.86. The Morgan fingerprint density at radius 2 is 0.945 bits per heavy atom. The van der Waals surface area contributed by atoms with Crippen molar-refractivity contribution in [2.24, 2.45) is 0 Å². The second kappa shape index (κ2) is 27.8. The molecule has 0 aromatic heterocycles. The molecular weight excluding hydrogens is 926 g/mol. The number of benzene rings is 3. The molecule has 9 aliphatic rings. The molecule has 73 heavy (non-hydrogen) atoms. The number of ketones is 1. The maximum absolute atomic E-state index is 12.4. The third kappa shape index (κ3) is 14.2. The highest BCUT2D eigenvalue weighted by atomic mass is 35.5. The predicted molar refractivity (Wildman–Crippen MR) is 309 cm³/mol. The fraction of sp³-hybridized carbons (Fsp3) is 0.661. The van der Waals surface area contributed by atoms with Gasteiger partial charge in [-0.25, -0.2) is 0 Å². The van der Waals surface area contributed by atoms with Gasteiger partial charge in [-0.15, -0.1) is 11.6 Å². The number of fused-ring (bicyclic) bond motifs is 9. The van der Waals surface area contributed by atoms with Crippen LogP contribution in [-0.4, -0.2) is 138 Å². The molecule has 11 heteroatoms. The number of piperidine rings is 8. The average molecular weight is 1020 g/mol. The van der Waals surface area contributed by atoms with Crippen molar-refractivity contribution in [3.63, 3.8) is 0 Å². The number of para-hydroxylation sites is 3. The summed E-state index contributed by atoms with van der Waals surface area (Å²) in [5, 5.41) is 3.70. The fourth-order valence-electron chi connectivity index (χ4n) is 14.4. The molecule has 0 saturated carbocycles. The largest absolute Gasteiger partial charge is 0.382 e. The van der Waals surface area contributed by atoms with Crippen molar-refractivity contribution in [1.29, 1.82) is 0 Å². The van der Waals surface area contributed by atoms with E-state index in [0.29, 0.717) is 66.4 Å². The van der Waals surface area contributed by atoms with Gasteiger partial charge < -0.3 is 29.8 Å². The number of halogens is 1. The molecular formula is C62H98ClN7O3. The van der Waals surface area contributed by atoms with Crippen LogP contribution in [0.2, 0.25) is 0 Å². The van der Waals surface area contributed by atoms with E-state index in [2.05, 4.69) is 107 Å². The van der Waals surface area contributed by atoms with Crippen molar-refractivity contribution >= 4 is 46.3 Å². The minimum Gasteiger partial charge on any atom is -0.382 e. The van der Waals surface area contributed by atoms with E-state index in [1.807, 2.05) is 41.3 Å². The van der Waals surface area contributed by atoms with Crippen LogP contribution in [-0.2, 0) is 20.8 Å². The topological polar surface area (TPSA) is 82.7 Å². The molecule has 0 spiro atoms. The standard InChI is InChI=1S/C17H23ClN2O.C17H22N2O.C15H22N2.C9H15NO.4CH4/c1-19-14-8-5-9-15(19)11-16(10-14)20(17(21)12-18)13-6-3-2-4-7-13;1-18-13-6-4-7-14(18)11-15(10-13)19-16-8-3-2-5-12(16)9-17(19)20;1-17-14-8-5-9-15(17)11-13(10-14)16-12-6-3-2-4-7-12;1-10-7-3-2-4-8(10)6-9(11)5-7;;;;/h2-4,6-7,14-16H,5,8-12H2,1H3;2-3,5,8,13-15H,4,6-7,9-11H2,1H3;2-4,6-7,13-16H,5,8-11H2,1H3;7-8H,2-6H2,1H3;4*1H4. The molecule has 9 aliphatic heterocycles. The zero-order chi connectivity index (χ0) is 48.0. The van der Waals surface area contributed by atoms with Crippen LogP contribution in [0.1, 0.15) is 164 Å². The van der Waals surface area contributed by atoms with Gasteiger partial charge >= 0.3 is 0 Å². The van der Waals surface area contributed by atoms with Gasteiger partial charge in [0.25, 0.3) is 0 Å². The molecule has 12 rings (SSSR count). The van der Waals surface area contributed by atoms with Crippen LogP contribution < -0.4 is 15.1 Å². The summed E-state index contributed by atoms with van der Waals surface area (Å²) in [4.78, 5) is 50.2. The Balaban J connectivity index is 0.000000181. The van der Waals surface area contributed by atoms with Gasteiger partial charge in [-0.2, -0.15) is 0 Å². The first-order valence-electron chi connectivity index (χ1n) is 27.1. The number of nitrogens with zero attached hydrogens (tertiary/aromatic N) is 6. The minimum absolute atomic E-state index is 0. The number of carbonyl (C=O) groups excluding carboxylic acids is 3. The number of alkyl halides is 1. The van der Waals surface area contributed by atoms with Gasteiger partial charge in [0.15, 0.2) is 0 Å². The molecule has 0 radical (unpaired) electrons. The van der Waals surface area contributed by atoms with Gasteiger partial charge in [-0.1, -0.05) is 110 Å². The molecule has 9 heterocycles. The van der Waals surface area contributed by atoms with E-state index in [9.17, 15) is 14.4 Å². The van der Waals surface area contributed by atoms with Crippen molar-refractivity contribution in [1.82, 2.24) is 19.6 Å². The minimum atomic E-state index is 0. The third-order valence-electron chi connectivity index (χ3n) is 18.3. The zero-order valence-corrected chi connectivity index (χ0v) is 43.0. The van der Waals surface area contributed by atoms with Crippen LogP contribution in [0.4, 0.5) is 17.1 Å². The molecule has 3 aromatic carbocycles. The lowest BCUT2D eigenvalue weighted by molar-refractivity contribution is -0.126. The van der Waals surface area contributed by atoms with Gasteiger partial charge in [0.2, 0.25) is 11.8 Å². The summed E-state index contributed by atoms with van der Waals surface area (Å²) in [6.45, 7) is 0. The number of amides is 2. The first-order valence-corrected chi connectivity index (χ1v) is 27.6. The molecule has 8 bridgehead atoms. The Labute approximate surface area is 448 Å². The number of anilines is 3. The number of hydrogen-bond donors (Lipinski definition) is 1. The lowest BCUT2D eigenvalue weighted by Crippen LogP contribution is -2.56. The van der Waals surface area contributed by atoms with Crippen molar-refractivity contribution in [3.05, 3.63) is 90.5 Å². The van der Waals surface area contributed by atoms with Crippen molar-refractivity contribution in [2.75, 3.05) is 49.2 Å². The quantitative estimate of drug-likeness (QED) is 0.245. The predicted octanol–water partition coefficient (Wildman–Crippen LogP) is 12.7. The molecule has 3 aromatic rings. The highest BCUT2D eigenvalue weighted by Gasteiger charge is 2.43. The lowest BCUT2D eigenvalue weighted by Gasteiger charge is -2.49. The van der Waals surface area contributed by atoms with Gasteiger partial charge in [0.1, 0.15) is 11.7 Å². The fourth-order valence-corrected chi connectivity index (χ4v) is 14.5. The number of carbonyl (C=O) groups is 3. The van der Waals surface area contributed by atoms with Crippen LogP contribution in [0.25, 0.3) is 0 Å². The zero-order valence-electron chi connectivity index (χ0n) is 42.3. The monoisotopic (exact) mass is 1020 g/mol. The molecule has 1 N–H and O–H groups in total. The van der Waals surface area contributed by atoms with E-state index in [4.69, 9.17) is 11.6 Å². The summed E-state index contributed by atoms with van der Waals surface area (Å²) in [6.07, 6.45) is 25.0. The van der Waals surface area contributed by atoms with E-state index < -0.39 is 0 Å². The molecule has 2 amide bonds. The second-order valence-electron chi connectivity index (χ2n) is 22.3. The van der Waals surface area contributed by atoms with Gasteiger partial charge in [-0.05, 0) is 154 Å². The average Bonchev–Trinajstić information content (AvgIpc) is 3.67. The summed E-state index contributed by atoms with van der Waals surface area (Å²) in [5.41, 5.74) is 4.64. The Morgan fingerprint density at radius 1 is 0.534 bits per heavy atom. The van der Waals surface area contributed by atoms with E-state index in [1.54, 1.807) is 0 Å². The number of hydrogen-bond acceptors (Lipinski definition) is 8. The Hall–Kier alpha value is -3.80. The summed E-state index contributed by atoms with van der Waals surface area (Å²) in [5.74, 6) is 0.864. The molecule has 8 unspecified atom stereocenters. The summed E-state index contributed by atoms with van der Waals surface area (Å²) < 4.78 is 0. The first kappa shape index (κ1) is 60.1. The van der Waals surface area contributed by atoms with Crippen LogP contribution >= 0.6 is 11.6 Å². The number of nitrogens with one attached hydrogen (secondary N) is 1. The molecule has 0 aliphatic carbocycles. The van der Waals surface area contributed by atoms with E-state index in [0.717, 1.165) is 56.3 Å². The Kier molecular flexibility index (Phi) is 22.9. The first-order chi connectivity index (χ1) is 33.5. The van der Waals surface area contributed by atoms with Crippen LogP contribution in [0, 0.1) is 0 Å². The highest BCUT2D eigenvalue weighted by Crippen LogP contribution is 2.41. The van der Waals surface area contributed by atoms with Crippen LogP contribution in [0.15, 0.2) is 84.9 Å². The van der Waals surface area contributed by atoms with Crippen molar-refractivity contribution in [2.45, 2.75) is 231 Å². The Morgan fingerprint density at radius 3 is 1.44 bits per heavy atom. The van der Waals surface area contributed by atoms with E-state index in [1.165, 1.54) is 107 Å². The van der Waals surface area contributed by atoms with Crippen LogP contribution in [0.5, 0.6) is 0 Å². The van der Waals surface area contributed by atoms with Gasteiger partial charge in [0.05, 0.1) is 6.42 Å². The molecule has 8 fully saturated rings. The number of rotatable bonds is 6. The van der Waals surface area contributed by atoms with Crippen LogP contribution in [0.3, 0.4) is 0 Å². The summed E-state index contributed by atoms with van der Waals surface area (Å²) in [6, 6.07) is 35.6. The Bertz CT molecular complexity index is 2110. The number of Topliss-reactive ketones (excluding diaryl/α,β-unsaturated/α-hetero) is 1. The SMILES string of the molecule is C.C.C.C.CN1C2CCCC1CC(=O)C2.CN1C2CCCC1CC(N(C(=O)CCl)c1ccccc1)C2.CN1C2CCCC1CC(N1C(=O)Cc3ccccc31)C2.CN1C2CCCC1CC(Nc1ccccc1)C2. The lowest BCUT2D eigenvalue weighted by atomic mass is 9.81. The maximum atomic E-state index is 12.4. The van der Waals surface area contributed by atoms with Crippen molar-refractivity contribution < 1.29 is 14.4 Å². The van der Waals surface area contributed by atoms with E-state index >= 15 is 0 Å². The molecule has 8 saturated heterocycles. The molecule has 10 nitrogen and oxygen atoms in total. The normalized spacial score (nSPS) is 31.2. The maximum Gasteiger partial charge on any atom is 0.242 e. The van der Waals surface area contributed by atoms with Crippen molar-refractivity contribution in [3.8, 4) is 0 Å². The van der Waals surface area contributed by atoms with Gasteiger partial charge in [0, 0.05) is 96.4 Å². The van der Waals surface area contributed by atoms with Gasteiger partial charge in [-0.3, -0.25) is 19.3 Å². The summed E-state index contributed by atoms with van der Waals surface area (Å²) in [7, 11) is 8.99. The highest BCUT2D eigenvalue weighted by molar-refractivity contribution is 6.29. The van der Waals surface area contributed by atoms with E-state index in [-0.39, 0.29) is 47.5 Å². The molecule has 8 atom stereocenters. The molecule has 406 valence electrons. The smallest absolute Gasteiger partial charge is 0.242 e. The second-order valence-corrected chi connectivity index (χ2v) is 22.6. The third-order valence-corrected chi connectivity index (χ3v) is 18.5.